The van der Waals surface area contributed by atoms with Crippen molar-refractivity contribution < 1.29 is 9.53 Å². The van der Waals surface area contributed by atoms with Crippen LogP contribution in [0.2, 0.25) is 0 Å². The van der Waals surface area contributed by atoms with E-state index in [1.54, 1.807) is 23.1 Å². The van der Waals surface area contributed by atoms with E-state index in [1.165, 1.54) is 0 Å². The van der Waals surface area contributed by atoms with Gasteiger partial charge >= 0.3 is 5.97 Å². The third kappa shape index (κ3) is 3.23. The van der Waals surface area contributed by atoms with Crippen LogP contribution in [0.5, 0.6) is 5.75 Å². The normalized spacial score (nSPS) is 12.0. The lowest BCUT2D eigenvalue weighted by Gasteiger charge is -2.18. The first-order valence-corrected chi connectivity index (χ1v) is 7.90. The molecule has 1 atom stereocenters. The standard InChI is InChI=1S/C20H20N2O2/c1-14-12-15(2)16(3)18(13-14)24-20(23)19(22-11-7-10-21-22)17-8-5-4-6-9-17/h4-13,19H,1-3H3/t19-/m1/s1. The lowest BCUT2D eigenvalue weighted by Crippen LogP contribution is -2.26. The van der Waals surface area contributed by atoms with Gasteiger partial charge in [0, 0.05) is 12.4 Å². The van der Waals surface area contributed by atoms with Gasteiger partial charge in [0.05, 0.1) is 0 Å². The Balaban J connectivity index is 1.96. The molecule has 24 heavy (non-hydrogen) atoms. The summed E-state index contributed by atoms with van der Waals surface area (Å²) in [7, 11) is 0. The lowest BCUT2D eigenvalue weighted by molar-refractivity contribution is -0.137. The molecule has 0 spiro atoms. The first-order chi connectivity index (χ1) is 11.6. The lowest BCUT2D eigenvalue weighted by atomic mass is 10.1. The SMILES string of the molecule is Cc1cc(C)c(C)c(OC(=O)[C@@H](c2ccccc2)n2cccn2)c1. The Bertz CT molecular complexity index is 840. The van der Waals surface area contributed by atoms with E-state index < -0.39 is 6.04 Å². The fourth-order valence-electron chi connectivity index (χ4n) is 2.74. The number of benzene rings is 2. The highest BCUT2D eigenvalue weighted by molar-refractivity contribution is 5.80. The van der Waals surface area contributed by atoms with Crippen LogP contribution in [0.3, 0.4) is 0 Å². The molecule has 0 bridgehead atoms. The Kier molecular flexibility index (Phi) is 4.47. The fourth-order valence-corrected chi connectivity index (χ4v) is 2.74. The highest BCUT2D eigenvalue weighted by atomic mass is 16.5. The maximum atomic E-state index is 12.9. The maximum Gasteiger partial charge on any atom is 0.340 e. The molecule has 0 saturated heterocycles. The number of nitrogens with zero attached hydrogens (tertiary/aromatic N) is 2. The molecule has 0 amide bonds. The minimum absolute atomic E-state index is 0.349. The van der Waals surface area contributed by atoms with Crippen LogP contribution in [0, 0.1) is 20.8 Å². The van der Waals surface area contributed by atoms with Gasteiger partial charge in [0.1, 0.15) is 5.75 Å². The molecule has 0 N–H and O–H groups in total. The Labute approximate surface area is 141 Å². The Morgan fingerprint density at radius 2 is 1.83 bits per heavy atom. The van der Waals surface area contributed by atoms with Crippen LogP contribution in [0.25, 0.3) is 0 Å². The van der Waals surface area contributed by atoms with E-state index >= 15 is 0 Å². The second-order valence-corrected chi connectivity index (χ2v) is 5.93. The average molecular weight is 320 g/mol. The van der Waals surface area contributed by atoms with Crippen LogP contribution < -0.4 is 4.74 Å². The zero-order valence-corrected chi connectivity index (χ0v) is 14.1. The molecular formula is C20H20N2O2. The number of carbonyl (C=O) groups is 1. The van der Waals surface area contributed by atoms with Gasteiger partial charge in [0.25, 0.3) is 0 Å². The number of hydrogen-bond acceptors (Lipinski definition) is 3. The number of esters is 1. The monoisotopic (exact) mass is 320 g/mol. The quantitative estimate of drug-likeness (QED) is 0.539. The van der Waals surface area contributed by atoms with E-state index in [1.807, 2.05) is 57.2 Å². The number of ether oxygens (including phenoxy) is 1. The predicted molar refractivity (Wildman–Crippen MR) is 93.1 cm³/mol. The molecule has 122 valence electrons. The molecule has 0 aliphatic heterocycles. The molecule has 1 aromatic heterocycles. The molecule has 2 aromatic carbocycles. The van der Waals surface area contributed by atoms with Crippen molar-refractivity contribution in [2.75, 3.05) is 0 Å². The Hall–Kier alpha value is -2.88. The summed E-state index contributed by atoms with van der Waals surface area (Å²) in [5.41, 5.74) is 3.99. The zero-order valence-electron chi connectivity index (χ0n) is 14.1. The van der Waals surface area contributed by atoms with E-state index in [-0.39, 0.29) is 5.97 Å². The topological polar surface area (TPSA) is 44.1 Å². The zero-order chi connectivity index (χ0) is 17.1. The summed E-state index contributed by atoms with van der Waals surface area (Å²) < 4.78 is 7.37. The van der Waals surface area contributed by atoms with Crippen molar-refractivity contribution in [3.8, 4) is 5.75 Å². The second-order valence-electron chi connectivity index (χ2n) is 5.93. The summed E-state index contributed by atoms with van der Waals surface area (Å²) in [4.78, 5) is 12.9. The van der Waals surface area contributed by atoms with Crippen molar-refractivity contribution in [1.29, 1.82) is 0 Å². The van der Waals surface area contributed by atoms with E-state index in [0.717, 1.165) is 22.3 Å². The second kappa shape index (κ2) is 6.71. The highest BCUT2D eigenvalue weighted by Crippen LogP contribution is 2.26. The first-order valence-electron chi connectivity index (χ1n) is 7.90. The maximum absolute atomic E-state index is 12.9. The number of carbonyl (C=O) groups excluding carboxylic acids is 1. The molecule has 4 heteroatoms. The number of rotatable bonds is 4. The molecule has 0 saturated carbocycles. The Morgan fingerprint density at radius 3 is 2.50 bits per heavy atom. The number of aromatic nitrogens is 2. The fraction of sp³-hybridized carbons (Fsp3) is 0.200. The summed E-state index contributed by atoms with van der Waals surface area (Å²) in [6, 6.07) is 14.7. The molecule has 0 fully saturated rings. The molecule has 0 radical (unpaired) electrons. The molecule has 0 aliphatic carbocycles. The minimum Gasteiger partial charge on any atom is -0.424 e. The number of aryl methyl sites for hydroxylation is 2. The van der Waals surface area contributed by atoms with Gasteiger partial charge in [-0.15, -0.1) is 0 Å². The van der Waals surface area contributed by atoms with Crippen molar-refractivity contribution >= 4 is 5.97 Å². The van der Waals surface area contributed by atoms with E-state index in [0.29, 0.717) is 5.75 Å². The highest BCUT2D eigenvalue weighted by Gasteiger charge is 2.25. The van der Waals surface area contributed by atoms with Gasteiger partial charge in [0.2, 0.25) is 0 Å². The van der Waals surface area contributed by atoms with Gasteiger partial charge in [-0.05, 0) is 55.2 Å². The first kappa shape index (κ1) is 16.0. The van der Waals surface area contributed by atoms with E-state index in [9.17, 15) is 4.79 Å². The van der Waals surface area contributed by atoms with Gasteiger partial charge < -0.3 is 4.74 Å². The van der Waals surface area contributed by atoms with E-state index in [4.69, 9.17) is 4.74 Å². The molecule has 1 heterocycles. The molecule has 0 unspecified atom stereocenters. The smallest absolute Gasteiger partial charge is 0.340 e. The summed E-state index contributed by atoms with van der Waals surface area (Å²) in [6.07, 6.45) is 3.43. The molecule has 4 nitrogen and oxygen atoms in total. The summed E-state index contributed by atoms with van der Waals surface area (Å²) in [6.45, 7) is 5.97. The van der Waals surface area contributed by atoms with Crippen LogP contribution in [-0.4, -0.2) is 15.7 Å². The van der Waals surface area contributed by atoms with Crippen LogP contribution >= 0.6 is 0 Å². The predicted octanol–water partition coefficient (Wildman–Crippen LogP) is 4.00. The summed E-state index contributed by atoms with van der Waals surface area (Å²) in [5.74, 6) is 0.253. The van der Waals surface area contributed by atoms with Crippen molar-refractivity contribution in [1.82, 2.24) is 9.78 Å². The third-order valence-electron chi connectivity index (χ3n) is 4.10. The van der Waals surface area contributed by atoms with Crippen molar-refractivity contribution in [3.05, 3.63) is 83.2 Å². The van der Waals surface area contributed by atoms with Gasteiger partial charge in [-0.3, -0.25) is 4.68 Å². The van der Waals surface area contributed by atoms with Crippen LogP contribution in [-0.2, 0) is 4.79 Å². The van der Waals surface area contributed by atoms with Gasteiger partial charge in [-0.25, -0.2) is 4.79 Å². The summed E-state index contributed by atoms with van der Waals surface area (Å²) >= 11 is 0. The Morgan fingerprint density at radius 1 is 1.08 bits per heavy atom. The van der Waals surface area contributed by atoms with Crippen LogP contribution in [0.1, 0.15) is 28.3 Å². The van der Waals surface area contributed by atoms with Crippen molar-refractivity contribution in [2.24, 2.45) is 0 Å². The van der Waals surface area contributed by atoms with Gasteiger partial charge in [0.15, 0.2) is 6.04 Å². The van der Waals surface area contributed by atoms with E-state index in [2.05, 4.69) is 11.2 Å². The van der Waals surface area contributed by atoms with Crippen molar-refractivity contribution in [3.63, 3.8) is 0 Å². The molecule has 3 rings (SSSR count). The third-order valence-corrected chi connectivity index (χ3v) is 4.10. The minimum atomic E-state index is -0.610. The largest absolute Gasteiger partial charge is 0.424 e. The van der Waals surface area contributed by atoms with Crippen LogP contribution in [0.15, 0.2) is 60.9 Å². The van der Waals surface area contributed by atoms with Gasteiger partial charge in [-0.1, -0.05) is 36.4 Å². The number of hydrogen-bond donors (Lipinski definition) is 0. The molecule has 3 aromatic rings. The van der Waals surface area contributed by atoms with Gasteiger partial charge in [-0.2, -0.15) is 5.10 Å². The summed E-state index contributed by atoms with van der Waals surface area (Å²) in [5, 5.41) is 4.23. The molecular weight excluding hydrogens is 300 g/mol. The molecule has 0 aliphatic rings. The average Bonchev–Trinajstić information content (AvgIpc) is 3.07. The van der Waals surface area contributed by atoms with Crippen LogP contribution in [0.4, 0.5) is 0 Å². The van der Waals surface area contributed by atoms with Crippen molar-refractivity contribution in [2.45, 2.75) is 26.8 Å².